The van der Waals surface area contributed by atoms with Crippen molar-refractivity contribution in [3.05, 3.63) is 78.0 Å². The number of rotatable bonds is 8. The van der Waals surface area contributed by atoms with Crippen molar-refractivity contribution in [2.75, 3.05) is 10.0 Å². The highest BCUT2D eigenvalue weighted by Gasteiger charge is 2.21. The molecule has 1 aliphatic carbocycles. The summed E-state index contributed by atoms with van der Waals surface area (Å²) >= 11 is 6.01. The van der Waals surface area contributed by atoms with Crippen molar-refractivity contribution in [2.24, 2.45) is 5.73 Å². The number of hydrogen-bond donors (Lipinski definition) is 3. The minimum Gasteiger partial charge on any atom is -0.452 e. The summed E-state index contributed by atoms with van der Waals surface area (Å²) in [5, 5.41) is 3.37. The Labute approximate surface area is 229 Å². The van der Waals surface area contributed by atoms with Crippen LogP contribution in [0, 0.1) is 5.82 Å². The molecule has 5 rings (SSSR count). The molecule has 1 fully saturated rings. The van der Waals surface area contributed by atoms with Gasteiger partial charge in [-0.15, -0.1) is 0 Å². The van der Waals surface area contributed by atoms with Crippen LogP contribution in [0.5, 0.6) is 11.5 Å². The third-order valence-electron chi connectivity index (χ3n) is 6.19. The number of ether oxygens (including phenoxy) is 1. The Balaban J connectivity index is 1.34. The van der Waals surface area contributed by atoms with Crippen molar-refractivity contribution < 1.29 is 17.5 Å². The summed E-state index contributed by atoms with van der Waals surface area (Å²) < 4.78 is 48.5. The number of aromatic nitrogens is 4. The first-order valence-corrected chi connectivity index (χ1v) is 14.1. The summed E-state index contributed by atoms with van der Waals surface area (Å²) in [6, 6.07) is 13.3. The molecule has 202 valence electrons. The molecule has 13 heteroatoms. The molecule has 0 saturated heterocycles. The second-order valence-corrected chi connectivity index (χ2v) is 11.1. The van der Waals surface area contributed by atoms with E-state index in [0.29, 0.717) is 5.95 Å². The number of nitrogens with one attached hydrogen (secondary N) is 2. The lowest BCUT2D eigenvalue weighted by Gasteiger charge is -2.26. The monoisotopic (exact) mass is 569 g/mol. The van der Waals surface area contributed by atoms with Gasteiger partial charge in [0.1, 0.15) is 11.2 Å². The molecular weight excluding hydrogens is 545 g/mol. The Morgan fingerprint density at radius 1 is 0.974 bits per heavy atom. The van der Waals surface area contributed by atoms with E-state index in [1.54, 1.807) is 30.5 Å². The van der Waals surface area contributed by atoms with Crippen LogP contribution in [-0.2, 0) is 10.0 Å². The molecule has 0 atom stereocenters. The van der Waals surface area contributed by atoms with Crippen molar-refractivity contribution in [3.8, 4) is 23.0 Å². The van der Waals surface area contributed by atoms with Gasteiger partial charge in [0.15, 0.2) is 28.8 Å². The number of anilines is 2. The quantitative estimate of drug-likeness (QED) is 0.267. The molecule has 39 heavy (non-hydrogen) atoms. The molecule has 1 aliphatic rings. The Kier molecular flexibility index (Phi) is 7.87. The van der Waals surface area contributed by atoms with Gasteiger partial charge in [-0.2, -0.15) is 4.98 Å². The second kappa shape index (κ2) is 11.5. The van der Waals surface area contributed by atoms with Crippen LogP contribution in [0.25, 0.3) is 11.5 Å². The van der Waals surface area contributed by atoms with E-state index in [9.17, 15) is 8.42 Å². The van der Waals surface area contributed by atoms with Crippen molar-refractivity contribution >= 4 is 33.3 Å². The number of hydrogen-bond acceptors (Lipinski definition) is 9. The molecule has 0 spiro atoms. The standard InChI is InChI=1S/C26H25ClFN7O3S/c27-19-4-1-2-6-23(19)39(36,37)35-18-11-12-21(20(28)14-18)38-22-5-3-13-30-24(22)25-31-15-32-26(34-25)33-17-9-7-16(29)8-10-17/h1-6,11-17,35H,7-10,29H2,(H,31,32,33,34). The van der Waals surface area contributed by atoms with Crippen LogP contribution in [0.3, 0.4) is 0 Å². The normalized spacial score (nSPS) is 17.4. The van der Waals surface area contributed by atoms with Gasteiger partial charge in [-0.05, 0) is 62.1 Å². The Morgan fingerprint density at radius 2 is 1.77 bits per heavy atom. The topological polar surface area (TPSA) is 145 Å². The van der Waals surface area contributed by atoms with Gasteiger partial charge >= 0.3 is 0 Å². The molecule has 0 bridgehead atoms. The summed E-state index contributed by atoms with van der Waals surface area (Å²) in [4.78, 5) is 17.1. The smallest absolute Gasteiger partial charge is 0.263 e. The molecule has 4 N–H and O–H groups in total. The molecule has 0 radical (unpaired) electrons. The fourth-order valence-corrected chi connectivity index (χ4v) is 5.78. The highest BCUT2D eigenvalue weighted by Crippen LogP contribution is 2.33. The average molecular weight is 570 g/mol. The number of pyridine rings is 1. The minimum absolute atomic E-state index is 0.00281. The highest BCUT2D eigenvalue weighted by atomic mass is 35.5. The zero-order valence-corrected chi connectivity index (χ0v) is 22.2. The number of halogens is 2. The lowest BCUT2D eigenvalue weighted by molar-refractivity contribution is 0.409. The number of benzene rings is 2. The van der Waals surface area contributed by atoms with E-state index >= 15 is 4.39 Å². The van der Waals surface area contributed by atoms with Gasteiger partial charge in [0.2, 0.25) is 5.95 Å². The maximum Gasteiger partial charge on any atom is 0.263 e. The van der Waals surface area contributed by atoms with E-state index < -0.39 is 15.8 Å². The SMILES string of the molecule is NC1CCC(Nc2ncnc(-c3ncccc3Oc3ccc(NS(=O)(=O)c4ccccc4Cl)cc3F)n2)CC1. The van der Waals surface area contributed by atoms with Gasteiger partial charge < -0.3 is 15.8 Å². The number of sulfonamides is 1. The van der Waals surface area contributed by atoms with Crippen LogP contribution in [-0.4, -0.2) is 40.4 Å². The maximum absolute atomic E-state index is 15.0. The van der Waals surface area contributed by atoms with Gasteiger partial charge in [-0.25, -0.2) is 27.8 Å². The van der Waals surface area contributed by atoms with Crippen molar-refractivity contribution in [2.45, 2.75) is 42.7 Å². The second-order valence-electron chi connectivity index (χ2n) is 9.02. The molecule has 2 aromatic carbocycles. The zero-order chi connectivity index (χ0) is 27.4. The fraction of sp³-hybridized carbons (Fsp3) is 0.231. The van der Waals surface area contributed by atoms with Crippen LogP contribution in [0.1, 0.15) is 25.7 Å². The largest absolute Gasteiger partial charge is 0.452 e. The van der Waals surface area contributed by atoms with Gasteiger partial charge in [0, 0.05) is 24.3 Å². The van der Waals surface area contributed by atoms with Crippen LogP contribution in [0.4, 0.5) is 16.0 Å². The molecule has 0 amide bonds. The van der Waals surface area contributed by atoms with Gasteiger partial charge in [0.05, 0.1) is 10.7 Å². The molecule has 2 heterocycles. The first-order chi connectivity index (χ1) is 18.8. The molecule has 10 nitrogen and oxygen atoms in total. The van der Waals surface area contributed by atoms with Gasteiger partial charge in [-0.3, -0.25) is 4.72 Å². The summed E-state index contributed by atoms with van der Waals surface area (Å²) in [5.74, 6) is -0.0753. The first-order valence-electron chi connectivity index (χ1n) is 12.2. The molecule has 4 aromatic rings. The van der Waals surface area contributed by atoms with E-state index in [-0.39, 0.29) is 50.7 Å². The molecule has 1 saturated carbocycles. The van der Waals surface area contributed by atoms with Crippen molar-refractivity contribution in [1.29, 1.82) is 0 Å². The van der Waals surface area contributed by atoms with Gasteiger partial charge in [0.25, 0.3) is 10.0 Å². The first kappa shape index (κ1) is 26.7. The predicted octanol–water partition coefficient (Wildman–Crippen LogP) is 5.00. The summed E-state index contributed by atoms with van der Waals surface area (Å²) in [5.41, 5.74) is 6.28. The van der Waals surface area contributed by atoms with Crippen LogP contribution >= 0.6 is 11.6 Å². The maximum atomic E-state index is 15.0. The Bertz CT molecular complexity index is 1580. The van der Waals surface area contributed by atoms with E-state index in [4.69, 9.17) is 22.1 Å². The van der Waals surface area contributed by atoms with E-state index in [1.165, 1.54) is 30.6 Å². The minimum atomic E-state index is -4.03. The third kappa shape index (κ3) is 6.41. The van der Waals surface area contributed by atoms with Gasteiger partial charge in [-0.1, -0.05) is 23.7 Å². The zero-order valence-electron chi connectivity index (χ0n) is 20.6. The van der Waals surface area contributed by atoms with Crippen LogP contribution in [0.2, 0.25) is 5.02 Å². The Morgan fingerprint density at radius 3 is 2.54 bits per heavy atom. The lowest BCUT2D eigenvalue weighted by atomic mass is 9.92. The molecule has 2 aromatic heterocycles. The van der Waals surface area contributed by atoms with E-state index in [2.05, 4.69) is 30.0 Å². The van der Waals surface area contributed by atoms with E-state index in [0.717, 1.165) is 31.7 Å². The van der Waals surface area contributed by atoms with Crippen LogP contribution < -0.4 is 20.5 Å². The van der Waals surface area contributed by atoms with E-state index in [1.807, 2.05) is 0 Å². The summed E-state index contributed by atoms with van der Waals surface area (Å²) in [6.45, 7) is 0. The average Bonchev–Trinajstić information content (AvgIpc) is 2.92. The summed E-state index contributed by atoms with van der Waals surface area (Å²) in [6.07, 6.45) is 6.62. The lowest BCUT2D eigenvalue weighted by Crippen LogP contribution is -2.33. The number of nitrogens with zero attached hydrogens (tertiary/aromatic N) is 4. The van der Waals surface area contributed by atoms with Crippen LogP contribution in [0.15, 0.2) is 72.0 Å². The highest BCUT2D eigenvalue weighted by molar-refractivity contribution is 7.92. The van der Waals surface area contributed by atoms with Crippen molar-refractivity contribution in [3.63, 3.8) is 0 Å². The van der Waals surface area contributed by atoms with Crippen molar-refractivity contribution in [1.82, 2.24) is 19.9 Å². The third-order valence-corrected chi connectivity index (χ3v) is 8.07. The fourth-order valence-electron chi connectivity index (χ4n) is 4.21. The molecule has 0 unspecified atom stereocenters. The summed E-state index contributed by atoms with van der Waals surface area (Å²) in [7, 11) is -4.03. The predicted molar refractivity (Wildman–Crippen MR) is 146 cm³/mol. The molecule has 0 aliphatic heterocycles. The Hall–Kier alpha value is -3.87. The number of nitrogens with two attached hydrogens (primary N) is 1. The molecular formula is C26H25ClFN7O3S.